The first kappa shape index (κ1) is 13.7. The fourth-order valence-corrected chi connectivity index (χ4v) is 1.83. The van der Waals surface area contributed by atoms with Crippen molar-refractivity contribution in [1.29, 1.82) is 0 Å². The largest absolute Gasteiger partial charge is 0.481 e. The molecule has 4 heteroatoms. The summed E-state index contributed by atoms with van der Waals surface area (Å²) in [6.45, 7) is 5.20. The molecule has 1 atom stereocenters. The van der Waals surface area contributed by atoms with Crippen LogP contribution in [0.15, 0.2) is 11.6 Å². The van der Waals surface area contributed by atoms with E-state index in [0.717, 1.165) is 24.8 Å². The van der Waals surface area contributed by atoms with Crippen LogP contribution in [-0.4, -0.2) is 22.6 Å². The summed E-state index contributed by atoms with van der Waals surface area (Å²) in [6, 6.07) is 0. The quantitative estimate of drug-likeness (QED) is 0.466. The average Bonchev–Trinajstić information content (AvgIpc) is 2.62. The molecule has 0 spiro atoms. The number of esters is 1. The summed E-state index contributed by atoms with van der Waals surface area (Å²) in [6.07, 6.45) is 5.24. The number of carboxylic acids is 1. The maximum Gasteiger partial charge on any atom is 0.321 e. The highest BCUT2D eigenvalue weighted by Gasteiger charge is 2.32. The maximum atomic E-state index is 11.8. The Morgan fingerprint density at radius 3 is 2.53 bits per heavy atom. The number of hydrogen-bond acceptors (Lipinski definition) is 3. The summed E-state index contributed by atoms with van der Waals surface area (Å²) < 4.78 is 5.12. The number of carbonyl (C=O) groups is 2. The molecule has 17 heavy (non-hydrogen) atoms. The lowest BCUT2D eigenvalue weighted by molar-refractivity contribution is -0.166. The van der Waals surface area contributed by atoms with Crippen molar-refractivity contribution < 1.29 is 19.4 Å². The second-order valence-electron chi connectivity index (χ2n) is 5.38. The average molecular weight is 240 g/mol. The zero-order chi connectivity index (χ0) is 13.1. The van der Waals surface area contributed by atoms with E-state index in [1.165, 1.54) is 0 Å². The van der Waals surface area contributed by atoms with Gasteiger partial charge in [0.15, 0.2) is 5.92 Å². The molecule has 0 bridgehead atoms. The Balaban J connectivity index is 2.65. The number of ether oxygens (including phenoxy) is 1. The number of carboxylic acid groups (broad SMARTS) is 1. The minimum Gasteiger partial charge on any atom is -0.481 e. The maximum absolute atomic E-state index is 11.8. The highest BCUT2D eigenvalue weighted by atomic mass is 16.6. The molecule has 0 saturated heterocycles. The molecule has 1 aliphatic rings. The molecule has 0 fully saturated rings. The van der Waals surface area contributed by atoms with Crippen molar-refractivity contribution in [1.82, 2.24) is 0 Å². The molecular weight excluding hydrogens is 220 g/mol. The molecule has 0 heterocycles. The van der Waals surface area contributed by atoms with Crippen molar-refractivity contribution >= 4 is 11.9 Å². The predicted octanol–water partition coefficient (Wildman–Crippen LogP) is 2.53. The lowest BCUT2D eigenvalue weighted by Gasteiger charge is -2.22. The van der Waals surface area contributed by atoms with Gasteiger partial charge >= 0.3 is 11.9 Å². The smallest absolute Gasteiger partial charge is 0.321 e. The van der Waals surface area contributed by atoms with Crippen LogP contribution in [0.2, 0.25) is 0 Å². The standard InChI is InChI=1S/C13H20O4/c1-13(2,3)17-12(16)10(11(14)15)8-9-6-4-5-7-9/h6,10H,4-5,7-8H2,1-3H3,(H,14,15). The molecular formula is C13H20O4. The van der Waals surface area contributed by atoms with E-state index >= 15 is 0 Å². The van der Waals surface area contributed by atoms with Crippen LogP contribution in [0.5, 0.6) is 0 Å². The summed E-state index contributed by atoms with van der Waals surface area (Å²) in [4.78, 5) is 22.8. The van der Waals surface area contributed by atoms with Gasteiger partial charge in [0.25, 0.3) is 0 Å². The first-order valence-electron chi connectivity index (χ1n) is 5.93. The van der Waals surface area contributed by atoms with Gasteiger partial charge in [-0.1, -0.05) is 11.6 Å². The van der Waals surface area contributed by atoms with E-state index in [0.29, 0.717) is 0 Å². The highest BCUT2D eigenvalue weighted by Crippen LogP contribution is 2.26. The topological polar surface area (TPSA) is 63.6 Å². The van der Waals surface area contributed by atoms with Crippen LogP contribution >= 0.6 is 0 Å². The highest BCUT2D eigenvalue weighted by molar-refractivity contribution is 5.94. The summed E-state index contributed by atoms with van der Waals surface area (Å²) in [5.41, 5.74) is 0.415. The lowest BCUT2D eigenvalue weighted by atomic mass is 9.99. The van der Waals surface area contributed by atoms with Gasteiger partial charge in [-0.3, -0.25) is 9.59 Å². The molecule has 1 unspecified atom stereocenters. The van der Waals surface area contributed by atoms with E-state index in [-0.39, 0.29) is 6.42 Å². The third-order valence-electron chi connectivity index (χ3n) is 2.59. The van der Waals surface area contributed by atoms with E-state index in [9.17, 15) is 9.59 Å². The summed E-state index contributed by atoms with van der Waals surface area (Å²) in [7, 11) is 0. The van der Waals surface area contributed by atoms with Gasteiger partial charge in [0, 0.05) is 0 Å². The zero-order valence-corrected chi connectivity index (χ0v) is 10.7. The first-order chi connectivity index (χ1) is 7.79. The van der Waals surface area contributed by atoms with Crippen LogP contribution < -0.4 is 0 Å². The monoisotopic (exact) mass is 240 g/mol. The van der Waals surface area contributed by atoms with Crippen molar-refractivity contribution in [3.8, 4) is 0 Å². The molecule has 0 saturated carbocycles. The van der Waals surface area contributed by atoms with Gasteiger partial charge in [-0.2, -0.15) is 0 Å². The number of rotatable bonds is 4. The Morgan fingerprint density at radius 1 is 1.47 bits per heavy atom. The number of allylic oxidation sites excluding steroid dienone is 2. The molecule has 1 N–H and O–H groups in total. The third kappa shape index (κ3) is 4.59. The molecule has 0 aromatic heterocycles. The fraction of sp³-hybridized carbons (Fsp3) is 0.692. The zero-order valence-electron chi connectivity index (χ0n) is 10.7. The number of carbonyl (C=O) groups excluding carboxylic acids is 1. The summed E-state index contributed by atoms with van der Waals surface area (Å²) in [5.74, 6) is -2.82. The van der Waals surface area contributed by atoms with Crippen LogP contribution in [0.25, 0.3) is 0 Å². The van der Waals surface area contributed by atoms with Gasteiger partial charge in [-0.25, -0.2) is 0 Å². The molecule has 1 rings (SSSR count). The Morgan fingerprint density at radius 2 is 2.12 bits per heavy atom. The van der Waals surface area contributed by atoms with E-state index in [1.807, 2.05) is 6.08 Å². The Bertz CT molecular complexity index is 336. The first-order valence-corrected chi connectivity index (χ1v) is 5.93. The van der Waals surface area contributed by atoms with E-state index in [1.54, 1.807) is 20.8 Å². The summed E-state index contributed by atoms with van der Waals surface area (Å²) in [5, 5.41) is 9.07. The normalized spacial score (nSPS) is 17.5. The van der Waals surface area contributed by atoms with E-state index in [2.05, 4.69) is 0 Å². The lowest BCUT2D eigenvalue weighted by Crippen LogP contribution is -2.32. The summed E-state index contributed by atoms with van der Waals surface area (Å²) >= 11 is 0. The predicted molar refractivity (Wildman–Crippen MR) is 63.5 cm³/mol. The Hall–Kier alpha value is -1.32. The molecule has 0 aromatic carbocycles. The molecule has 4 nitrogen and oxygen atoms in total. The molecule has 96 valence electrons. The van der Waals surface area contributed by atoms with Crippen LogP contribution in [0.1, 0.15) is 46.5 Å². The Labute approximate surface area is 102 Å². The number of hydrogen-bond donors (Lipinski definition) is 1. The van der Waals surface area contributed by atoms with Crippen LogP contribution in [0.4, 0.5) is 0 Å². The van der Waals surface area contributed by atoms with E-state index in [4.69, 9.17) is 9.84 Å². The van der Waals surface area contributed by atoms with Crippen LogP contribution in [0, 0.1) is 5.92 Å². The van der Waals surface area contributed by atoms with Crippen LogP contribution in [-0.2, 0) is 14.3 Å². The van der Waals surface area contributed by atoms with Crippen molar-refractivity contribution in [2.45, 2.75) is 52.1 Å². The van der Waals surface area contributed by atoms with Gasteiger partial charge in [-0.15, -0.1) is 0 Å². The Kier molecular flexibility index (Phi) is 4.32. The molecule has 0 radical (unpaired) electrons. The fourth-order valence-electron chi connectivity index (χ4n) is 1.83. The number of aliphatic carboxylic acids is 1. The van der Waals surface area contributed by atoms with Gasteiger partial charge in [0.1, 0.15) is 5.60 Å². The minimum atomic E-state index is -1.10. The molecule has 1 aliphatic carbocycles. The van der Waals surface area contributed by atoms with Gasteiger partial charge in [0.2, 0.25) is 0 Å². The van der Waals surface area contributed by atoms with Crippen molar-refractivity contribution in [3.05, 3.63) is 11.6 Å². The van der Waals surface area contributed by atoms with Crippen molar-refractivity contribution in [3.63, 3.8) is 0 Å². The van der Waals surface area contributed by atoms with Crippen molar-refractivity contribution in [2.75, 3.05) is 0 Å². The molecule has 0 aliphatic heterocycles. The minimum absolute atomic E-state index is 0.282. The van der Waals surface area contributed by atoms with Crippen molar-refractivity contribution in [2.24, 2.45) is 5.92 Å². The molecule has 0 aromatic rings. The second-order valence-corrected chi connectivity index (χ2v) is 5.38. The van der Waals surface area contributed by atoms with E-state index < -0.39 is 23.5 Å². The van der Waals surface area contributed by atoms with Crippen LogP contribution in [0.3, 0.4) is 0 Å². The van der Waals surface area contributed by atoms with Gasteiger partial charge in [-0.05, 0) is 46.5 Å². The SMILES string of the molecule is CC(C)(C)OC(=O)C(CC1=CCCC1)C(=O)O. The van der Waals surface area contributed by atoms with Gasteiger partial charge in [0.05, 0.1) is 0 Å². The molecule has 0 amide bonds. The van der Waals surface area contributed by atoms with Gasteiger partial charge < -0.3 is 9.84 Å². The second kappa shape index (κ2) is 5.34. The third-order valence-corrected chi connectivity index (χ3v) is 2.59.